The van der Waals surface area contributed by atoms with Crippen molar-refractivity contribution in [2.24, 2.45) is 0 Å². The summed E-state index contributed by atoms with van der Waals surface area (Å²) in [6.07, 6.45) is -3.38. The molecule has 3 aromatic rings. The van der Waals surface area contributed by atoms with Crippen LogP contribution in [-0.2, 0) is 10.9 Å². The summed E-state index contributed by atoms with van der Waals surface area (Å²) in [5, 5.41) is 2.58. The number of piperazine rings is 1. The van der Waals surface area contributed by atoms with Crippen molar-refractivity contribution in [3.05, 3.63) is 71.4 Å². The lowest BCUT2D eigenvalue weighted by molar-refractivity contribution is -0.138. The van der Waals surface area contributed by atoms with Crippen molar-refractivity contribution >= 4 is 23.1 Å². The molecule has 5 rings (SSSR count). The minimum absolute atomic E-state index is 0.0235. The van der Waals surface area contributed by atoms with Gasteiger partial charge in [-0.3, -0.25) is 9.69 Å². The zero-order valence-electron chi connectivity index (χ0n) is 25.3. The van der Waals surface area contributed by atoms with Crippen LogP contribution in [0.1, 0.15) is 43.6 Å². The van der Waals surface area contributed by atoms with Gasteiger partial charge in [-0.05, 0) is 77.2 Å². The SMILES string of the molecule is CC1CN(c2ccc(-c3cc(NC(=O)c4ccc(F)cc4C(F)(F)F)c(N4CC(C)N(C)C(C)C4)cc3F)cn2)CC(C)O1. The number of aromatic nitrogens is 1. The molecular formula is C32H36F5N5O2. The van der Waals surface area contributed by atoms with Crippen LogP contribution in [0, 0.1) is 11.6 Å². The van der Waals surface area contributed by atoms with E-state index in [1.165, 1.54) is 18.3 Å². The number of morpholine rings is 1. The molecular weight excluding hydrogens is 581 g/mol. The Morgan fingerprint density at radius 2 is 1.57 bits per heavy atom. The summed E-state index contributed by atoms with van der Waals surface area (Å²) in [5.74, 6) is -2.07. The Labute approximate surface area is 253 Å². The fraction of sp³-hybridized carbons (Fsp3) is 0.438. The fourth-order valence-electron chi connectivity index (χ4n) is 5.98. The van der Waals surface area contributed by atoms with Gasteiger partial charge in [-0.2, -0.15) is 13.2 Å². The second-order valence-corrected chi connectivity index (χ2v) is 11.8. The molecule has 0 radical (unpaired) electrons. The summed E-state index contributed by atoms with van der Waals surface area (Å²) < 4.78 is 76.6. The largest absolute Gasteiger partial charge is 0.417 e. The quantitative estimate of drug-likeness (QED) is 0.333. The van der Waals surface area contributed by atoms with E-state index in [4.69, 9.17) is 4.74 Å². The molecule has 7 nitrogen and oxygen atoms in total. The molecule has 2 aromatic carbocycles. The van der Waals surface area contributed by atoms with Gasteiger partial charge in [0.15, 0.2) is 0 Å². The Morgan fingerprint density at radius 1 is 0.909 bits per heavy atom. The number of halogens is 5. The number of carbonyl (C=O) groups excluding carboxylic acids is 1. The molecule has 236 valence electrons. The number of carbonyl (C=O) groups is 1. The van der Waals surface area contributed by atoms with Gasteiger partial charge in [0.2, 0.25) is 0 Å². The van der Waals surface area contributed by atoms with E-state index in [2.05, 4.69) is 20.1 Å². The van der Waals surface area contributed by atoms with Crippen LogP contribution in [0.15, 0.2) is 48.7 Å². The standard InChI is InChI=1S/C32H36F5N5O2/c1-18-14-41(15-19(2)40(18)5)29-12-27(34)25(22-6-9-30(38-13-22)42-16-20(3)44-21(4)17-42)11-28(29)39-31(43)24-8-7-23(33)10-26(24)32(35,36)37/h6-13,18-21H,14-17H2,1-5H3,(H,39,43). The van der Waals surface area contributed by atoms with Gasteiger partial charge in [-0.25, -0.2) is 13.8 Å². The maximum Gasteiger partial charge on any atom is 0.417 e. The second kappa shape index (κ2) is 12.3. The average Bonchev–Trinajstić information content (AvgIpc) is 2.95. The summed E-state index contributed by atoms with van der Waals surface area (Å²) in [6, 6.07) is 8.28. The molecule has 2 saturated heterocycles. The number of likely N-dealkylation sites (N-methyl/N-ethyl adjacent to an activating group) is 1. The molecule has 4 unspecified atom stereocenters. The summed E-state index contributed by atoms with van der Waals surface area (Å²) >= 11 is 0. The molecule has 2 aliphatic rings. The van der Waals surface area contributed by atoms with Crippen LogP contribution in [-0.4, -0.2) is 73.3 Å². The Bertz CT molecular complexity index is 1490. The van der Waals surface area contributed by atoms with E-state index in [0.717, 1.165) is 12.1 Å². The predicted octanol–water partition coefficient (Wildman–Crippen LogP) is 6.44. The highest BCUT2D eigenvalue weighted by Gasteiger charge is 2.36. The first-order valence-electron chi connectivity index (χ1n) is 14.6. The van der Waals surface area contributed by atoms with Crippen molar-refractivity contribution in [2.75, 3.05) is 48.3 Å². The first-order chi connectivity index (χ1) is 20.7. The molecule has 0 aliphatic carbocycles. The van der Waals surface area contributed by atoms with E-state index < -0.39 is 34.8 Å². The van der Waals surface area contributed by atoms with E-state index in [1.54, 1.807) is 12.1 Å². The summed E-state index contributed by atoms with van der Waals surface area (Å²) in [5.41, 5.74) is -1.11. The van der Waals surface area contributed by atoms with Crippen molar-refractivity contribution in [1.29, 1.82) is 0 Å². The molecule has 1 amide bonds. The highest BCUT2D eigenvalue weighted by Crippen LogP contribution is 2.38. The second-order valence-electron chi connectivity index (χ2n) is 11.8. The highest BCUT2D eigenvalue weighted by molar-refractivity contribution is 6.07. The first-order valence-corrected chi connectivity index (χ1v) is 14.6. The van der Waals surface area contributed by atoms with Crippen molar-refractivity contribution < 1.29 is 31.5 Å². The number of nitrogens with one attached hydrogen (secondary N) is 1. The fourth-order valence-corrected chi connectivity index (χ4v) is 5.98. The Kier molecular flexibility index (Phi) is 8.86. The zero-order chi connectivity index (χ0) is 31.9. The van der Waals surface area contributed by atoms with Gasteiger partial charge < -0.3 is 19.9 Å². The molecule has 2 aliphatic heterocycles. The number of benzene rings is 2. The van der Waals surface area contributed by atoms with Gasteiger partial charge in [0.25, 0.3) is 5.91 Å². The van der Waals surface area contributed by atoms with Crippen molar-refractivity contribution in [2.45, 2.75) is 58.2 Å². The number of anilines is 3. The molecule has 44 heavy (non-hydrogen) atoms. The summed E-state index contributed by atoms with van der Waals surface area (Å²) in [6.45, 7) is 10.3. The molecule has 4 atom stereocenters. The summed E-state index contributed by atoms with van der Waals surface area (Å²) in [4.78, 5) is 24.1. The summed E-state index contributed by atoms with van der Waals surface area (Å²) in [7, 11) is 1.99. The van der Waals surface area contributed by atoms with E-state index >= 15 is 4.39 Å². The van der Waals surface area contributed by atoms with E-state index in [-0.39, 0.29) is 35.5 Å². The van der Waals surface area contributed by atoms with Gasteiger partial charge >= 0.3 is 6.18 Å². The monoisotopic (exact) mass is 617 g/mol. The van der Waals surface area contributed by atoms with Crippen molar-refractivity contribution in [3.63, 3.8) is 0 Å². The van der Waals surface area contributed by atoms with E-state index in [0.29, 0.717) is 49.3 Å². The molecule has 2 fully saturated rings. The lowest BCUT2D eigenvalue weighted by Gasteiger charge is -2.44. The van der Waals surface area contributed by atoms with Gasteiger partial charge in [0.05, 0.1) is 34.7 Å². The molecule has 0 spiro atoms. The number of ether oxygens (including phenoxy) is 1. The van der Waals surface area contributed by atoms with Gasteiger partial charge in [0, 0.05) is 55.6 Å². The zero-order valence-corrected chi connectivity index (χ0v) is 25.3. The molecule has 0 saturated carbocycles. The molecule has 12 heteroatoms. The topological polar surface area (TPSA) is 60.9 Å². The maximum absolute atomic E-state index is 15.8. The predicted molar refractivity (Wildman–Crippen MR) is 160 cm³/mol. The van der Waals surface area contributed by atoms with Crippen LogP contribution in [0.3, 0.4) is 0 Å². The van der Waals surface area contributed by atoms with Crippen molar-refractivity contribution in [1.82, 2.24) is 9.88 Å². The number of nitrogens with zero attached hydrogens (tertiary/aromatic N) is 4. The number of alkyl halides is 3. The molecule has 0 bridgehead atoms. The number of hydrogen-bond donors (Lipinski definition) is 1. The third-order valence-electron chi connectivity index (χ3n) is 8.37. The van der Waals surface area contributed by atoms with Crippen LogP contribution in [0.2, 0.25) is 0 Å². The average molecular weight is 618 g/mol. The van der Waals surface area contributed by atoms with Crippen LogP contribution in [0.5, 0.6) is 0 Å². The van der Waals surface area contributed by atoms with Gasteiger partial charge in [0.1, 0.15) is 17.5 Å². The lowest BCUT2D eigenvalue weighted by atomic mass is 10.0. The molecule has 1 aromatic heterocycles. The van der Waals surface area contributed by atoms with Crippen molar-refractivity contribution in [3.8, 4) is 11.1 Å². The molecule has 1 N–H and O–H groups in total. The third-order valence-corrected chi connectivity index (χ3v) is 8.37. The maximum atomic E-state index is 15.8. The highest BCUT2D eigenvalue weighted by atomic mass is 19.4. The third kappa shape index (κ3) is 6.66. The normalized spacial score (nSPS) is 23.1. The number of rotatable bonds is 5. The molecule has 3 heterocycles. The van der Waals surface area contributed by atoms with E-state index in [1.807, 2.05) is 39.6 Å². The van der Waals surface area contributed by atoms with Gasteiger partial charge in [-0.1, -0.05) is 0 Å². The Hall–Kier alpha value is -3.77. The Morgan fingerprint density at radius 3 is 2.16 bits per heavy atom. The minimum atomic E-state index is -4.96. The minimum Gasteiger partial charge on any atom is -0.372 e. The van der Waals surface area contributed by atoms with Gasteiger partial charge in [-0.15, -0.1) is 0 Å². The van der Waals surface area contributed by atoms with Crippen LogP contribution in [0.4, 0.5) is 39.1 Å². The van der Waals surface area contributed by atoms with Crippen LogP contribution < -0.4 is 15.1 Å². The number of amides is 1. The number of pyridine rings is 1. The van der Waals surface area contributed by atoms with E-state index in [9.17, 15) is 22.4 Å². The lowest BCUT2D eigenvalue weighted by Crippen LogP contribution is -2.55. The smallest absolute Gasteiger partial charge is 0.372 e. The first kappa shape index (κ1) is 31.6. The van der Waals surface area contributed by atoms with Crippen LogP contribution >= 0.6 is 0 Å². The van der Waals surface area contributed by atoms with Crippen LogP contribution in [0.25, 0.3) is 11.1 Å². The number of hydrogen-bond acceptors (Lipinski definition) is 6. The Balaban J connectivity index is 1.53.